The first kappa shape index (κ1) is 8.64. The molecular weight excluding hydrogens is 192 g/mol. The Hall–Kier alpha value is -1.65. The number of aryl methyl sites for hydroxylation is 1. The van der Waals surface area contributed by atoms with E-state index in [4.69, 9.17) is 0 Å². The molecule has 0 atom stereocenters. The minimum absolute atomic E-state index is 0.103. The second-order valence-electron chi connectivity index (χ2n) is 3.96. The van der Waals surface area contributed by atoms with E-state index in [-0.39, 0.29) is 5.56 Å². The maximum atomic E-state index is 11.3. The third-order valence-corrected chi connectivity index (χ3v) is 2.73. The summed E-state index contributed by atoms with van der Waals surface area (Å²) in [5.41, 5.74) is 0.808. The van der Waals surface area contributed by atoms with Gasteiger partial charge in [-0.15, -0.1) is 5.10 Å². The largest absolute Gasteiger partial charge is 0.291 e. The molecule has 5 heteroatoms. The van der Waals surface area contributed by atoms with Gasteiger partial charge in [0.25, 0.3) is 5.56 Å². The van der Waals surface area contributed by atoms with Crippen LogP contribution in [0.4, 0.5) is 0 Å². The predicted molar refractivity (Wildman–Crippen MR) is 55.0 cm³/mol. The number of nitrogens with one attached hydrogen (secondary N) is 1. The van der Waals surface area contributed by atoms with Crippen LogP contribution < -0.4 is 5.56 Å². The van der Waals surface area contributed by atoms with Crippen LogP contribution in [0.2, 0.25) is 0 Å². The standard InChI is InChI=1S/C10H12N4O/c1-2-7-5-8(15)11-10-12-9(6-3-4-6)13-14(7)10/h5-6H,2-4H2,1H3,(H,11,12,13,15). The Labute approximate surface area is 86.2 Å². The highest BCUT2D eigenvalue weighted by Gasteiger charge is 2.28. The maximum Gasteiger partial charge on any atom is 0.252 e. The second kappa shape index (κ2) is 2.92. The molecule has 0 saturated heterocycles. The smallest absolute Gasteiger partial charge is 0.252 e. The average Bonchev–Trinajstić information content (AvgIpc) is 2.98. The first-order chi connectivity index (χ1) is 7.28. The zero-order valence-electron chi connectivity index (χ0n) is 8.53. The molecule has 1 saturated carbocycles. The summed E-state index contributed by atoms with van der Waals surface area (Å²) in [5, 5.41) is 4.42. The third-order valence-electron chi connectivity index (χ3n) is 2.73. The summed E-state index contributed by atoms with van der Waals surface area (Å²) in [5.74, 6) is 1.95. The highest BCUT2D eigenvalue weighted by atomic mass is 16.1. The van der Waals surface area contributed by atoms with E-state index in [1.54, 1.807) is 10.6 Å². The number of rotatable bonds is 2. The molecule has 3 rings (SSSR count). The number of aromatic nitrogens is 4. The zero-order chi connectivity index (χ0) is 10.4. The van der Waals surface area contributed by atoms with Crippen molar-refractivity contribution in [2.75, 3.05) is 0 Å². The van der Waals surface area contributed by atoms with Gasteiger partial charge >= 0.3 is 0 Å². The number of fused-ring (bicyclic) bond motifs is 1. The lowest BCUT2D eigenvalue weighted by Crippen LogP contribution is -2.11. The van der Waals surface area contributed by atoms with E-state index in [0.29, 0.717) is 11.7 Å². The lowest BCUT2D eigenvalue weighted by molar-refractivity contribution is 0.813. The predicted octanol–water partition coefficient (Wildman–Crippen LogP) is 0.857. The van der Waals surface area contributed by atoms with Crippen LogP contribution in [0.3, 0.4) is 0 Å². The first-order valence-electron chi connectivity index (χ1n) is 5.27. The zero-order valence-corrected chi connectivity index (χ0v) is 8.53. The lowest BCUT2D eigenvalue weighted by atomic mass is 10.3. The Kier molecular flexibility index (Phi) is 1.68. The van der Waals surface area contributed by atoms with Crippen molar-refractivity contribution in [3.8, 4) is 0 Å². The van der Waals surface area contributed by atoms with Crippen LogP contribution in [0.1, 0.15) is 37.2 Å². The van der Waals surface area contributed by atoms with Gasteiger partial charge < -0.3 is 0 Å². The van der Waals surface area contributed by atoms with Gasteiger partial charge in [0.2, 0.25) is 5.78 Å². The third kappa shape index (κ3) is 1.35. The molecule has 2 aromatic heterocycles. The quantitative estimate of drug-likeness (QED) is 0.789. The first-order valence-corrected chi connectivity index (χ1v) is 5.27. The van der Waals surface area contributed by atoms with E-state index < -0.39 is 0 Å². The summed E-state index contributed by atoms with van der Waals surface area (Å²) < 4.78 is 1.75. The molecule has 2 heterocycles. The van der Waals surface area contributed by atoms with Crippen LogP contribution in [0.25, 0.3) is 5.78 Å². The summed E-state index contributed by atoms with van der Waals surface area (Å²) in [4.78, 5) is 18.4. The molecule has 0 bridgehead atoms. The van der Waals surface area contributed by atoms with Crippen molar-refractivity contribution in [1.29, 1.82) is 0 Å². The minimum atomic E-state index is -0.103. The summed E-state index contributed by atoms with van der Waals surface area (Å²) in [6.07, 6.45) is 3.12. The summed E-state index contributed by atoms with van der Waals surface area (Å²) >= 11 is 0. The van der Waals surface area contributed by atoms with Gasteiger partial charge in [0.15, 0.2) is 5.82 Å². The van der Waals surface area contributed by atoms with Gasteiger partial charge in [-0.3, -0.25) is 9.78 Å². The molecule has 78 valence electrons. The van der Waals surface area contributed by atoms with Crippen molar-refractivity contribution in [2.45, 2.75) is 32.1 Å². The van der Waals surface area contributed by atoms with Crippen molar-refractivity contribution in [1.82, 2.24) is 19.6 Å². The topological polar surface area (TPSA) is 63.0 Å². The van der Waals surface area contributed by atoms with E-state index in [1.165, 1.54) is 12.8 Å². The van der Waals surface area contributed by atoms with Crippen molar-refractivity contribution < 1.29 is 0 Å². The number of H-pyrrole nitrogens is 1. The van der Waals surface area contributed by atoms with Gasteiger partial charge in [-0.1, -0.05) is 6.92 Å². The van der Waals surface area contributed by atoms with E-state index in [0.717, 1.165) is 17.9 Å². The van der Waals surface area contributed by atoms with Crippen molar-refractivity contribution >= 4 is 5.78 Å². The van der Waals surface area contributed by atoms with E-state index in [2.05, 4.69) is 15.1 Å². The van der Waals surface area contributed by atoms with Crippen molar-refractivity contribution in [3.63, 3.8) is 0 Å². The number of hydrogen-bond donors (Lipinski definition) is 1. The van der Waals surface area contributed by atoms with Gasteiger partial charge in [-0.2, -0.15) is 4.98 Å². The molecule has 1 fully saturated rings. The van der Waals surface area contributed by atoms with Crippen molar-refractivity contribution in [3.05, 3.63) is 27.9 Å². The monoisotopic (exact) mass is 204 g/mol. The fraction of sp³-hybridized carbons (Fsp3) is 0.500. The lowest BCUT2D eigenvalue weighted by Gasteiger charge is -1.97. The SMILES string of the molecule is CCc1cc(=O)[nH]c2nc(C3CC3)nn12. The molecule has 0 spiro atoms. The fourth-order valence-corrected chi connectivity index (χ4v) is 1.73. The van der Waals surface area contributed by atoms with E-state index in [9.17, 15) is 4.79 Å². The molecule has 0 radical (unpaired) electrons. The minimum Gasteiger partial charge on any atom is -0.291 e. The molecule has 0 aliphatic heterocycles. The average molecular weight is 204 g/mol. The Morgan fingerprint density at radius 2 is 2.40 bits per heavy atom. The second-order valence-corrected chi connectivity index (χ2v) is 3.96. The molecule has 1 N–H and O–H groups in total. The number of hydrogen-bond acceptors (Lipinski definition) is 3. The van der Waals surface area contributed by atoms with Gasteiger partial charge in [-0.05, 0) is 19.3 Å². The summed E-state index contributed by atoms with van der Waals surface area (Å²) in [6.45, 7) is 2.01. The van der Waals surface area contributed by atoms with Crippen LogP contribution in [-0.4, -0.2) is 19.6 Å². The molecule has 1 aliphatic rings. The summed E-state index contributed by atoms with van der Waals surface area (Å²) in [7, 11) is 0. The van der Waals surface area contributed by atoms with Gasteiger partial charge in [0.05, 0.1) is 5.69 Å². The van der Waals surface area contributed by atoms with Crippen LogP contribution in [-0.2, 0) is 6.42 Å². The summed E-state index contributed by atoms with van der Waals surface area (Å²) in [6, 6.07) is 1.58. The Balaban J connectivity index is 2.27. The molecule has 1 aliphatic carbocycles. The molecule has 15 heavy (non-hydrogen) atoms. The number of aromatic amines is 1. The van der Waals surface area contributed by atoms with Gasteiger partial charge in [-0.25, -0.2) is 4.52 Å². The highest BCUT2D eigenvalue weighted by molar-refractivity contribution is 5.30. The van der Waals surface area contributed by atoms with Gasteiger partial charge in [0.1, 0.15) is 0 Å². The van der Waals surface area contributed by atoms with Crippen LogP contribution in [0.15, 0.2) is 10.9 Å². The maximum absolute atomic E-state index is 11.3. The van der Waals surface area contributed by atoms with E-state index >= 15 is 0 Å². The van der Waals surface area contributed by atoms with Crippen LogP contribution >= 0.6 is 0 Å². The normalized spacial score (nSPS) is 16.1. The fourth-order valence-electron chi connectivity index (χ4n) is 1.73. The Morgan fingerprint density at radius 3 is 3.07 bits per heavy atom. The van der Waals surface area contributed by atoms with E-state index in [1.807, 2.05) is 6.92 Å². The number of nitrogens with zero attached hydrogens (tertiary/aromatic N) is 3. The Bertz CT molecular complexity index is 564. The molecule has 0 unspecified atom stereocenters. The molecule has 0 amide bonds. The molecule has 0 aromatic carbocycles. The Morgan fingerprint density at radius 1 is 1.60 bits per heavy atom. The van der Waals surface area contributed by atoms with Gasteiger partial charge in [0, 0.05) is 12.0 Å². The van der Waals surface area contributed by atoms with Crippen molar-refractivity contribution in [2.24, 2.45) is 0 Å². The van der Waals surface area contributed by atoms with Crippen LogP contribution in [0.5, 0.6) is 0 Å². The molecule has 5 nitrogen and oxygen atoms in total. The molecular formula is C10H12N4O. The van der Waals surface area contributed by atoms with Crippen LogP contribution in [0, 0.1) is 0 Å². The molecule has 2 aromatic rings. The highest BCUT2D eigenvalue weighted by Crippen LogP contribution is 2.37.